The van der Waals surface area contributed by atoms with Gasteiger partial charge in [0.2, 0.25) is 0 Å². The second-order valence-electron chi connectivity index (χ2n) is 2.68. The molecule has 0 aliphatic heterocycles. The number of benzene rings is 1. The van der Waals surface area contributed by atoms with Gasteiger partial charge in [-0.1, -0.05) is 6.07 Å². The molecule has 1 aromatic heterocycles. The first kappa shape index (κ1) is 9.33. The summed E-state index contributed by atoms with van der Waals surface area (Å²) in [6.45, 7) is 0. The fourth-order valence-electron chi connectivity index (χ4n) is 1.14. The summed E-state index contributed by atoms with van der Waals surface area (Å²) >= 11 is 3.03. The van der Waals surface area contributed by atoms with Crippen molar-refractivity contribution in [2.24, 2.45) is 0 Å². The van der Waals surface area contributed by atoms with Gasteiger partial charge in [-0.3, -0.25) is 4.57 Å². The van der Waals surface area contributed by atoms with Gasteiger partial charge in [-0.15, -0.1) is 0 Å². The predicted octanol–water partition coefficient (Wildman–Crippen LogP) is 2.91. The molecule has 2 rings (SSSR count). The van der Waals surface area contributed by atoms with Crippen molar-refractivity contribution >= 4 is 15.9 Å². The first-order valence-electron chi connectivity index (χ1n) is 3.83. The van der Waals surface area contributed by atoms with Gasteiger partial charge in [0, 0.05) is 6.20 Å². The Morgan fingerprint density at radius 2 is 2.07 bits per heavy atom. The number of hydrogen-bond acceptors (Lipinski definition) is 1. The van der Waals surface area contributed by atoms with E-state index in [-0.39, 0.29) is 0 Å². The molecule has 2 aromatic rings. The van der Waals surface area contributed by atoms with Crippen LogP contribution in [-0.2, 0) is 0 Å². The quantitative estimate of drug-likeness (QED) is 0.769. The Labute approximate surface area is 87.3 Å². The molecule has 72 valence electrons. The fraction of sp³-hybridized carbons (Fsp3) is 0. The SMILES string of the molecule is Fc1cccc(-n2cc(Br)nc2F)c1. The first-order chi connectivity index (χ1) is 6.66. The van der Waals surface area contributed by atoms with Crippen molar-refractivity contribution in [1.82, 2.24) is 9.55 Å². The molecule has 0 fully saturated rings. The van der Waals surface area contributed by atoms with Crippen molar-refractivity contribution in [1.29, 1.82) is 0 Å². The molecule has 0 atom stereocenters. The Morgan fingerprint density at radius 3 is 2.64 bits per heavy atom. The third-order valence-electron chi connectivity index (χ3n) is 1.72. The summed E-state index contributed by atoms with van der Waals surface area (Å²) < 4.78 is 27.5. The third kappa shape index (κ3) is 1.68. The van der Waals surface area contributed by atoms with Gasteiger partial charge in [-0.05, 0) is 34.1 Å². The standard InChI is InChI=1S/C9H5BrF2N2/c10-8-5-14(9(12)13-8)7-3-1-2-6(11)4-7/h1-5H. The van der Waals surface area contributed by atoms with E-state index in [1.807, 2.05) is 0 Å². The van der Waals surface area contributed by atoms with Crippen molar-refractivity contribution in [2.75, 3.05) is 0 Å². The second kappa shape index (κ2) is 3.49. The molecule has 5 heteroatoms. The summed E-state index contributed by atoms with van der Waals surface area (Å²) in [6, 6.07) is 5.64. The average molecular weight is 259 g/mol. The molecule has 0 bridgehead atoms. The molecule has 0 amide bonds. The molecule has 0 unspecified atom stereocenters. The largest absolute Gasteiger partial charge is 0.294 e. The van der Waals surface area contributed by atoms with Crippen LogP contribution in [0.25, 0.3) is 5.69 Å². The predicted molar refractivity (Wildman–Crippen MR) is 51.2 cm³/mol. The Bertz CT molecular complexity index is 468. The van der Waals surface area contributed by atoms with E-state index in [9.17, 15) is 8.78 Å². The maximum Gasteiger partial charge on any atom is 0.294 e. The molecular formula is C9H5BrF2N2. The normalized spacial score (nSPS) is 10.5. The van der Waals surface area contributed by atoms with Crippen LogP contribution in [0.4, 0.5) is 8.78 Å². The van der Waals surface area contributed by atoms with Crippen LogP contribution in [0, 0.1) is 11.9 Å². The lowest BCUT2D eigenvalue weighted by Crippen LogP contribution is -1.96. The van der Waals surface area contributed by atoms with Gasteiger partial charge in [0.05, 0.1) is 5.69 Å². The Hall–Kier alpha value is -1.23. The van der Waals surface area contributed by atoms with Crippen molar-refractivity contribution in [3.8, 4) is 5.69 Å². The molecular weight excluding hydrogens is 254 g/mol. The molecule has 0 N–H and O–H groups in total. The van der Waals surface area contributed by atoms with E-state index in [0.29, 0.717) is 10.3 Å². The minimum atomic E-state index is -0.678. The molecule has 0 saturated heterocycles. The van der Waals surface area contributed by atoms with Crippen molar-refractivity contribution < 1.29 is 8.78 Å². The number of hydrogen-bond donors (Lipinski definition) is 0. The topological polar surface area (TPSA) is 17.8 Å². The second-order valence-corrected chi connectivity index (χ2v) is 3.50. The van der Waals surface area contributed by atoms with E-state index < -0.39 is 11.9 Å². The van der Waals surface area contributed by atoms with Gasteiger partial charge in [0.1, 0.15) is 10.4 Å². The highest BCUT2D eigenvalue weighted by Gasteiger charge is 2.07. The maximum atomic E-state index is 13.1. The lowest BCUT2D eigenvalue weighted by Gasteiger charge is -2.01. The lowest BCUT2D eigenvalue weighted by molar-refractivity contribution is 0.521. The van der Waals surface area contributed by atoms with Crippen LogP contribution in [-0.4, -0.2) is 9.55 Å². The molecule has 1 heterocycles. The molecule has 2 nitrogen and oxygen atoms in total. The van der Waals surface area contributed by atoms with E-state index >= 15 is 0 Å². The van der Waals surface area contributed by atoms with E-state index in [0.717, 1.165) is 4.57 Å². The Kier molecular flexibility index (Phi) is 2.33. The van der Waals surface area contributed by atoms with Crippen molar-refractivity contribution in [2.45, 2.75) is 0 Å². The molecule has 14 heavy (non-hydrogen) atoms. The zero-order chi connectivity index (χ0) is 10.1. The van der Waals surface area contributed by atoms with E-state index in [2.05, 4.69) is 20.9 Å². The van der Waals surface area contributed by atoms with Gasteiger partial charge in [-0.25, -0.2) is 4.39 Å². The zero-order valence-corrected chi connectivity index (χ0v) is 8.50. The molecule has 1 aromatic carbocycles. The minimum Gasteiger partial charge on any atom is -0.275 e. The van der Waals surface area contributed by atoms with E-state index in [4.69, 9.17) is 0 Å². The van der Waals surface area contributed by atoms with Gasteiger partial charge in [-0.2, -0.15) is 9.37 Å². The third-order valence-corrected chi connectivity index (χ3v) is 2.10. The van der Waals surface area contributed by atoms with Crippen LogP contribution in [0.2, 0.25) is 0 Å². The lowest BCUT2D eigenvalue weighted by atomic mass is 10.3. The van der Waals surface area contributed by atoms with Gasteiger partial charge in [0.25, 0.3) is 6.08 Å². The summed E-state index contributed by atoms with van der Waals surface area (Å²) in [5.41, 5.74) is 0.403. The molecule has 0 saturated carbocycles. The summed E-state index contributed by atoms with van der Waals surface area (Å²) in [6.07, 6.45) is 0.756. The van der Waals surface area contributed by atoms with Crippen molar-refractivity contribution in [3.63, 3.8) is 0 Å². The number of rotatable bonds is 1. The number of halogens is 3. The van der Waals surface area contributed by atoms with E-state index in [1.54, 1.807) is 6.07 Å². The summed E-state index contributed by atoms with van der Waals surface area (Å²) in [5.74, 6) is -0.410. The van der Waals surface area contributed by atoms with Crippen LogP contribution < -0.4 is 0 Å². The smallest absolute Gasteiger partial charge is 0.275 e. The Morgan fingerprint density at radius 1 is 1.29 bits per heavy atom. The van der Waals surface area contributed by atoms with E-state index in [1.165, 1.54) is 24.4 Å². The maximum absolute atomic E-state index is 13.1. The first-order valence-corrected chi connectivity index (χ1v) is 4.62. The number of imidazole rings is 1. The molecule has 0 spiro atoms. The summed E-state index contributed by atoms with van der Waals surface area (Å²) in [5, 5.41) is 0. The molecule has 0 aliphatic rings. The highest BCUT2D eigenvalue weighted by atomic mass is 79.9. The Balaban J connectivity index is 2.54. The average Bonchev–Trinajstić information content (AvgIpc) is 2.45. The summed E-state index contributed by atoms with van der Waals surface area (Å²) in [4.78, 5) is 3.51. The number of nitrogens with zero attached hydrogens (tertiary/aromatic N) is 2. The van der Waals surface area contributed by atoms with Crippen LogP contribution in [0.5, 0.6) is 0 Å². The van der Waals surface area contributed by atoms with Crippen LogP contribution in [0.3, 0.4) is 0 Å². The van der Waals surface area contributed by atoms with Crippen molar-refractivity contribution in [3.05, 3.63) is 47.0 Å². The number of aromatic nitrogens is 2. The van der Waals surface area contributed by atoms with Gasteiger partial charge in [0.15, 0.2) is 0 Å². The highest BCUT2D eigenvalue weighted by Crippen LogP contribution is 2.15. The fourth-order valence-corrected chi connectivity index (χ4v) is 1.49. The zero-order valence-electron chi connectivity index (χ0n) is 6.92. The monoisotopic (exact) mass is 258 g/mol. The van der Waals surface area contributed by atoms with Gasteiger partial charge < -0.3 is 0 Å². The van der Waals surface area contributed by atoms with Crippen LogP contribution in [0.15, 0.2) is 35.1 Å². The molecule has 0 aliphatic carbocycles. The molecule has 0 radical (unpaired) electrons. The van der Waals surface area contributed by atoms with Crippen LogP contribution >= 0.6 is 15.9 Å². The van der Waals surface area contributed by atoms with Crippen LogP contribution in [0.1, 0.15) is 0 Å². The highest BCUT2D eigenvalue weighted by molar-refractivity contribution is 9.10. The van der Waals surface area contributed by atoms with Gasteiger partial charge >= 0.3 is 0 Å². The summed E-state index contributed by atoms with van der Waals surface area (Å²) in [7, 11) is 0. The minimum absolute atomic E-state index is 0.374.